The number of rotatable bonds is 5. The van der Waals surface area contributed by atoms with Crippen LogP contribution < -0.4 is 10.6 Å². The number of hydrogen-bond acceptors (Lipinski definition) is 5. The Morgan fingerprint density at radius 2 is 2.04 bits per heavy atom. The fraction of sp³-hybridized carbons (Fsp3) is 0.400. The van der Waals surface area contributed by atoms with Crippen LogP contribution in [0.5, 0.6) is 0 Å². The molecule has 2 heterocycles. The maximum atomic E-state index is 12.8. The Hall–Kier alpha value is -3.16. The van der Waals surface area contributed by atoms with Gasteiger partial charge in [-0.2, -0.15) is 5.10 Å². The van der Waals surface area contributed by atoms with Gasteiger partial charge in [-0.15, -0.1) is 0 Å². The molecule has 0 spiro atoms. The Labute approximate surface area is 162 Å². The molecule has 1 aliphatic carbocycles. The topological polar surface area (TPSA) is 113 Å². The number of H-pyrrole nitrogens is 1. The first-order valence-corrected chi connectivity index (χ1v) is 9.52. The second kappa shape index (κ2) is 7.46. The van der Waals surface area contributed by atoms with E-state index in [0.717, 1.165) is 32.1 Å². The average molecular weight is 381 g/mol. The van der Waals surface area contributed by atoms with Gasteiger partial charge in [-0.25, -0.2) is 4.98 Å². The van der Waals surface area contributed by atoms with E-state index >= 15 is 0 Å². The Balaban J connectivity index is 1.51. The summed E-state index contributed by atoms with van der Waals surface area (Å²) in [6.45, 7) is 2.12. The highest BCUT2D eigenvalue weighted by Gasteiger charge is 2.34. The number of aryl methyl sites for hydroxylation is 1. The van der Waals surface area contributed by atoms with E-state index in [1.165, 1.54) is 6.20 Å². The number of benzene rings is 1. The van der Waals surface area contributed by atoms with Crippen molar-refractivity contribution in [2.75, 3.05) is 6.54 Å². The summed E-state index contributed by atoms with van der Waals surface area (Å²) in [6.07, 6.45) is 7.87. The molecule has 1 fully saturated rings. The fourth-order valence-corrected chi connectivity index (χ4v) is 3.85. The molecule has 0 unspecified atom stereocenters. The number of nitrogens with zero attached hydrogens (tertiary/aromatic N) is 2. The van der Waals surface area contributed by atoms with Crippen molar-refractivity contribution in [3.63, 3.8) is 0 Å². The molecule has 146 valence electrons. The maximum Gasteiger partial charge on any atom is 0.254 e. The van der Waals surface area contributed by atoms with Crippen LogP contribution in [-0.2, 0) is 0 Å². The lowest BCUT2D eigenvalue weighted by Gasteiger charge is -2.38. The van der Waals surface area contributed by atoms with Gasteiger partial charge in [-0.3, -0.25) is 14.7 Å². The van der Waals surface area contributed by atoms with E-state index in [2.05, 4.69) is 25.8 Å². The predicted molar refractivity (Wildman–Crippen MR) is 103 cm³/mol. The van der Waals surface area contributed by atoms with Crippen LogP contribution >= 0.6 is 0 Å². The van der Waals surface area contributed by atoms with Crippen molar-refractivity contribution in [1.29, 1.82) is 0 Å². The quantitative estimate of drug-likeness (QED) is 0.629. The lowest BCUT2D eigenvalue weighted by Crippen LogP contribution is -2.56. The van der Waals surface area contributed by atoms with E-state index in [1.807, 2.05) is 0 Å². The van der Waals surface area contributed by atoms with Crippen molar-refractivity contribution in [2.45, 2.75) is 44.6 Å². The van der Waals surface area contributed by atoms with E-state index in [1.54, 1.807) is 31.3 Å². The summed E-state index contributed by atoms with van der Waals surface area (Å²) >= 11 is 0. The lowest BCUT2D eigenvalue weighted by molar-refractivity contribution is 0.0833. The zero-order valence-corrected chi connectivity index (χ0v) is 15.7. The summed E-state index contributed by atoms with van der Waals surface area (Å²) in [4.78, 5) is 29.7. The summed E-state index contributed by atoms with van der Waals surface area (Å²) in [7, 11) is 0. The number of carbonyl (C=O) groups is 2. The summed E-state index contributed by atoms with van der Waals surface area (Å²) in [6, 6.07) is 5.30. The van der Waals surface area contributed by atoms with E-state index < -0.39 is 5.54 Å². The van der Waals surface area contributed by atoms with Crippen LogP contribution in [0.1, 0.15) is 58.7 Å². The number of para-hydroxylation sites is 1. The van der Waals surface area contributed by atoms with Crippen LogP contribution in [0.2, 0.25) is 0 Å². The smallest absolute Gasteiger partial charge is 0.254 e. The van der Waals surface area contributed by atoms with E-state index in [-0.39, 0.29) is 11.8 Å². The first-order chi connectivity index (χ1) is 13.6. The number of amides is 2. The van der Waals surface area contributed by atoms with Crippen LogP contribution in [0.15, 0.2) is 35.0 Å². The maximum absolute atomic E-state index is 12.8. The molecule has 0 radical (unpaired) electrons. The number of hydrogen-bond donors (Lipinski definition) is 3. The van der Waals surface area contributed by atoms with Crippen LogP contribution in [0.4, 0.5) is 0 Å². The monoisotopic (exact) mass is 381 g/mol. The minimum absolute atomic E-state index is 0.181. The third-order valence-electron chi connectivity index (χ3n) is 5.31. The van der Waals surface area contributed by atoms with Gasteiger partial charge < -0.3 is 15.1 Å². The van der Waals surface area contributed by atoms with Gasteiger partial charge in [0.15, 0.2) is 11.5 Å². The number of fused-ring (bicyclic) bond motifs is 1. The second-order valence-electron chi connectivity index (χ2n) is 7.35. The molecule has 3 aromatic rings. The molecule has 8 heteroatoms. The molecule has 0 saturated heterocycles. The number of oxazole rings is 1. The molecule has 1 aliphatic rings. The minimum Gasteiger partial charge on any atom is -0.441 e. The molecular weight excluding hydrogens is 358 g/mol. The van der Waals surface area contributed by atoms with E-state index in [9.17, 15) is 9.59 Å². The average Bonchev–Trinajstić information content (AvgIpc) is 3.35. The number of nitrogens with one attached hydrogen (secondary N) is 3. The molecule has 28 heavy (non-hydrogen) atoms. The van der Waals surface area contributed by atoms with Gasteiger partial charge >= 0.3 is 0 Å². The minimum atomic E-state index is -0.462. The van der Waals surface area contributed by atoms with E-state index in [0.29, 0.717) is 34.7 Å². The largest absolute Gasteiger partial charge is 0.441 e. The third-order valence-corrected chi connectivity index (χ3v) is 5.31. The van der Waals surface area contributed by atoms with Crippen molar-refractivity contribution < 1.29 is 14.0 Å². The number of carbonyl (C=O) groups excluding carboxylic acids is 2. The van der Waals surface area contributed by atoms with Crippen LogP contribution in [-0.4, -0.2) is 39.1 Å². The van der Waals surface area contributed by atoms with Crippen LogP contribution in [0, 0.1) is 6.92 Å². The van der Waals surface area contributed by atoms with Crippen molar-refractivity contribution in [2.24, 2.45) is 0 Å². The zero-order chi connectivity index (χ0) is 19.6. The van der Waals surface area contributed by atoms with Gasteiger partial charge in [0, 0.05) is 19.7 Å². The third kappa shape index (κ3) is 3.62. The van der Waals surface area contributed by atoms with Gasteiger partial charge in [-0.1, -0.05) is 25.3 Å². The van der Waals surface area contributed by atoms with E-state index in [4.69, 9.17) is 4.42 Å². The second-order valence-corrected chi connectivity index (χ2v) is 7.35. The Kier molecular flexibility index (Phi) is 4.85. The first-order valence-electron chi connectivity index (χ1n) is 9.52. The molecule has 2 amide bonds. The van der Waals surface area contributed by atoms with Crippen molar-refractivity contribution in [1.82, 2.24) is 25.8 Å². The molecule has 8 nitrogen and oxygen atoms in total. The summed E-state index contributed by atoms with van der Waals surface area (Å²) < 4.78 is 5.51. The van der Waals surface area contributed by atoms with Crippen LogP contribution in [0.3, 0.4) is 0 Å². The lowest BCUT2D eigenvalue weighted by atomic mass is 9.81. The fourth-order valence-electron chi connectivity index (χ4n) is 3.85. The molecule has 0 aliphatic heterocycles. The summed E-state index contributed by atoms with van der Waals surface area (Å²) in [5, 5.41) is 12.6. The normalized spacial score (nSPS) is 16.0. The van der Waals surface area contributed by atoms with Crippen molar-refractivity contribution in [3.05, 3.63) is 47.6 Å². The summed E-state index contributed by atoms with van der Waals surface area (Å²) in [5.74, 6) is 0.118. The van der Waals surface area contributed by atoms with Crippen molar-refractivity contribution in [3.8, 4) is 0 Å². The molecule has 1 saturated carbocycles. The van der Waals surface area contributed by atoms with Crippen molar-refractivity contribution >= 4 is 22.9 Å². The molecule has 0 atom stereocenters. The number of aromatic nitrogens is 3. The first kappa shape index (κ1) is 18.2. The Morgan fingerprint density at radius 1 is 1.21 bits per heavy atom. The zero-order valence-electron chi connectivity index (χ0n) is 15.7. The molecule has 4 rings (SSSR count). The standard InChI is InChI=1S/C20H23N5O3/c1-13-24-17-15(6-5-7-16(17)28-13)19(27)21-12-20(8-3-2-4-9-20)25-18(26)14-10-22-23-11-14/h5-7,10-11H,2-4,8-9,12H2,1H3,(H,21,27)(H,22,23)(H,25,26). The number of aromatic amines is 1. The highest BCUT2D eigenvalue weighted by Crippen LogP contribution is 2.28. The Morgan fingerprint density at radius 3 is 2.79 bits per heavy atom. The highest BCUT2D eigenvalue weighted by molar-refractivity contribution is 6.04. The van der Waals surface area contributed by atoms with Gasteiger partial charge in [0.25, 0.3) is 11.8 Å². The predicted octanol–water partition coefficient (Wildman–Crippen LogP) is 2.72. The molecule has 0 bridgehead atoms. The van der Waals surface area contributed by atoms with Gasteiger partial charge in [-0.05, 0) is 25.0 Å². The SMILES string of the molecule is Cc1nc2c(C(=O)NCC3(NC(=O)c4cn[nH]c4)CCCCC3)cccc2o1. The highest BCUT2D eigenvalue weighted by atomic mass is 16.3. The molecule has 3 N–H and O–H groups in total. The molecule has 2 aromatic heterocycles. The van der Waals surface area contributed by atoms with Gasteiger partial charge in [0.1, 0.15) is 5.52 Å². The van der Waals surface area contributed by atoms with Gasteiger partial charge in [0.2, 0.25) is 0 Å². The molecule has 1 aromatic carbocycles. The summed E-state index contributed by atoms with van der Waals surface area (Å²) in [5.41, 5.74) is 1.64. The van der Waals surface area contributed by atoms with Crippen LogP contribution in [0.25, 0.3) is 11.1 Å². The Bertz CT molecular complexity index is 987. The molecular formula is C20H23N5O3. The van der Waals surface area contributed by atoms with Gasteiger partial charge in [0.05, 0.1) is 22.9 Å².